The maximum absolute atomic E-state index is 13.5. The SMILES string of the molecule is O=C(C[NH+]1CC[C@@]2(O)CCCC[C@H]2[C@@H]1c1ccc(F)cc1)Nc1ccc(Cl)cc1. The van der Waals surface area contributed by atoms with E-state index in [4.69, 9.17) is 11.6 Å². The second kappa shape index (κ2) is 8.42. The minimum Gasteiger partial charge on any atom is -0.389 e. The number of aliphatic hydroxyl groups is 1. The largest absolute Gasteiger partial charge is 0.389 e. The van der Waals surface area contributed by atoms with Crippen molar-refractivity contribution in [2.24, 2.45) is 5.92 Å². The molecule has 1 saturated heterocycles. The van der Waals surface area contributed by atoms with E-state index in [0.717, 1.165) is 36.1 Å². The lowest BCUT2D eigenvalue weighted by molar-refractivity contribution is -0.937. The van der Waals surface area contributed by atoms with Gasteiger partial charge in [-0.25, -0.2) is 4.39 Å². The van der Waals surface area contributed by atoms with E-state index < -0.39 is 5.60 Å². The summed E-state index contributed by atoms with van der Waals surface area (Å²) in [5.41, 5.74) is 1.02. The zero-order valence-corrected chi connectivity index (χ0v) is 17.1. The number of nitrogens with one attached hydrogen (secondary N) is 2. The molecule has 1 saturated carbocycles. The van der Waals surface area contributed by atoms with E-state index >= 15 is 0 Å². The van der Waals surface area contributed by atoms with Gasteiger partial charge in [0.05, 0.1) is 12.1 Å². The molecule has 154 valence electrons. The van der Waals surface area contributed by atoms with Gasteiger partial charge in [-0.3, -0.25) is 4.79 Å². The van der Waals surface area contributed by atoms with E-state index in [9.17, 15) is 14.3 Å². The van der Waals surface area contributed by atoms with Gasteiger partial charge in [-0.15, -0.1) is 0 Å². The smallest absolute Gasteiger partial charge is 0.279 e. The molecular weight excluding hydrogens is 391 g/mol. The van der Waals surface area contributed by atoms with Gasteiger partial charge >= 0.3 is 0 Å². The van der Waals surface area contributed by atoms with Crippen molar-refractivity contribution in [3.63, 3.8) is 0 Å². The van der Waals surface area contributed by atoms with Gasteiger partial charge in [0.1, 0.15) is 11.9 Å². The number of carbonyl (C=O) groups is 1. The van der Waals surface area contributed by atoms with E-state index in [1.165, 1.54) is 12.1 Å². The normalized spacial score (nSPS) is 29.1. The first-order valence-corrected chi connectivity index (χ1v) is 10.7. The number of carbonyl (C=O) groups excluding carboxylic acids is 1. The molecule has 2 aliphatic rings. The Labute approximate surface area is 175 Å². The summed E-state index contributed by atoms with van der Waals surface area (Å²) in [6.45, 7) is 1.01. The highest BCUT2D eigenvalue weighted by Gasteiger charge is 2.51. The lowest BCUT2D eigenvalue weighted by atomic mass is 9.66. The summed E-state index contributed by atoms with van der Waals surface area (Å²) in [7, 11) is 0. The van der Waals surface area contributed by atoms with Gasteiger partial charge < -0.3 is 15.3 Å². The summed E-state index contributed by atoms with van der Waals surface area (Å²) in [4.78, 5) is 13.9. The van der Waals surface area contributed by atoms with Gasteiger partial charge in [-0.1, -0.05) is 36.6 Å². The Morgan fingerprint density at radius 2 is 1.86 bits per heavy atom. The molecule has 0 aromatic heterocycles. The second-order valence-electron chi connectivity index (χ2n) is 8.38. The van der Waals surface area contributed by atoms with Gasteiger partial charge in [0.2, 0.25) is 0 Å². The second-order valence-corrected chi connectivity index (χ2v) is 8.81. The fourth-order valence-corrected chi connectivity index (χ4v) is 5.26. The number of rotatable bonds is 4. The number of benzene rings is 2. The summed E-state index contributed by atoms with van der Waals surface area (Å²) in [6, 6.07) is 13.6. The molecular formula is C23H27ClFN2O2+. The molecule has 1 unspecified atom stereocenters. The van der Waals surface area contributed by atoms with Crippen LogP contribution in [-0.4, -0.2) is 29.7 Å². The molecule has 4 atom stereocenters. The van der Waals surface area contributed by atoms with Crippen LogP contribution in [0.1, 0.15) is 43.7 Å². The Morgan fingerprint density at radius 1 is 1.14 bits per heavy atom. The minimum absolute atomic E-state index is 0.0226. The Morgan fingerprint density at radius 3 is 2.59 bits per heavy atom. The van der Waals surface area contributed by atoms with E-state index in [1.807, 2.05) is 0 Å². The third kappa shape index (κ3) is 4.47. The van der Waals surface area contributed by atoms with Gasteiger partial charge in [0.15, 0.2) is 6.54 Å². The quantitative estimate of drug-likeness (QED) is 0.714. The van der Waals surface area contributed by atoms with Crippen LogP contribution in [0.15, 0.2) is 48.5 Å². The van der Waals surface area contributed by atoms with Crippen molar-refractivity contribution in [2.45, 2.75) is 43.7 Å². The van der Waals surface area contributed by atoms with E-state index in [1.54, 1.807) is 36.4 Å². The van der Waals surface area contributed by atoms with Crippen molar-refractivity contribution in [3.05, 3.63) is 64.9 Å². The molecule has 1 aliphatic carbocycles. The van der Waals surface area contributed by atoms with E-state index in [-0.39, 0.29) is 23.7 Å². The topological polar surface area (TPSA) is 53.8 Å². The van der Waals surface area contributed by atoms with Crippen LogP contribution in [0.4, 0.5) is 10.1 Å². The molecule has 2 aromatic carbocycles. The zero-order chi connectivity index (χ0) is 20.4. The zero-order valence-electron chi connectivity index (χ0n) is 16.3. The van der Waals surface area contributed by atoms with Crippen LogP contribution in [0, 0.1) is 11.7 Å². The molecule has 3 N–H and O–H groups in total. The third-order valence-corrected chi connectivity index (χ3v) is 6.78. The van der Waals surface area contributed by atoms with Crippen LogP contribution in [0.3, 0.4) is 0 Å². The van der Waals surface area contributed by atoms with E-state index in [0.29, 0.717) is 30.2 Å². The molecule has 29 heavy (non-hydrogen) atoms. The molecule has 1 heterocycles. The van der Waals surface area contributed by atoms with Crippen molar-refractivity contribution in [3.8, 4) is 0 Å². The molecule has 2 fully saturated rings. The first-order chi connectivity index (χ1) is 13.9. The Hall–Kier alpha value is -1.95. The van der Waals surface area contributed by atoms with Crippen molar-refractivity contribution in [1.82, 2.24) is 0 Å². The Kier molecular flexibility index (Phi) is 5.91. The number of piperidine rings is 1. The Bertz CT molecular complexity index is 858. The van der Waals surface area contributed by atoms with Crippen LogP contribution in [-0.2, 0) is 4.79 Å². The molecule has 0 radical (unpaired) electrons. The summed E-state index contributed by atoms with van der Waals surface area (Å²) >= 11 is 5.91. The lowest BCUT2D eigenvalue weighted by Gasteiger charge is -2.50. The summed E-state index contributed by atoms with van der Waals surface area (Å²) in [6.07, 6.45) is 4.55. The van der Waals surface area contributed by atoms with Crippen LogP contribution < -0.4 is 10.2 Å². The third-order valence-electron chi connectivity index (χ3n) is 6.53. The molecule has 6 heteroatoms. The summed E-state index contributed by atoms with van der Waals surface area (Å²) < 4.78 is 13.5. The van der Waals surface area contributed by atoms with Crippen LogP contribution in [0.2, 0.25) is 5.02 Å². The number of halogens is 2. The highest BCUT2D eigenvalue weighted by molar-refractivity contribution is 6.30. The fourth-order valence-electron chi connectivity index (χ4n) is 5.13. The van der Waals surface area contributed by atoms with Crippen molar-refractivity contribution >= 4 is 23.2 Å². The van der Waals surface area contributed by atoms with Gasteiger partial charge in [0.25, 0.3) is 5.91 Å². The van der Waals surface area contributed by atoms with Gasteiger partial charge in [-0.2, -0.15) is 0 Å². The Balaban J connectivity index is 1.56. The first kappa shape index (κ1) is 20.3. The average Bonchev–Trinajstić information content (AvgIpc) is 2.70. The van der Waals surface area contributed by atoms with Crippen LogP contribution >= 0.6 is 11.6 Å². The van der Waals surface area contributed by atoms with Gasteiger partial charge in [-0.05, 0) is 49.2 Å². The van der Waals surface area contributed by atoms with E-state index in [2.05, 4.69) is 5.32 Å². The predicted molar refractivity (Wildman–Crippen MR) is 111 cm³/mol. The summed E-state index contributed by atoms with van der Waals surface area (Å²) in [5, 5.41) is 14.9. The molecule has 0 bridgehead atoms. The number of quaternary nitrogens is 1. The summed E-state index contributed by atoms with van der Waals surface area (Å²) in [5.74, 6) is -0.269. The monoisotopic (exact) mass is 417 g/mol. The number of amides is 1. The average molecular weight is 418 g/mol. The fraction of sp³-hybridized carbons (Fsp3) is 0.435. The minimum atomic E-state index is -0.687. The van der Waals surface area contributed by atoms with Crippen molar-refractivity contribution < 1.29 is 19.2 Å². The number of likely N-dealkylation sites (tertiary alicyclic amines) is 1. The maximum atomic E-state index is 13.5. The number of fused-ring (bicyclic) bond motifs is 1. The maximum Gasteiger partial charge on any atom is 0.279 e. The molecule has 4 nitrogen and oxygen atoms in total. The highest BCUT2D eigenvalue weighted by atomic mass is 35.5. The van der Waals surface area contributed by atoms with Gasteiger partial charge in [0, 0.05) is 28.6 Å². The molecule has 2 aromatic rings. The highest BCUT2D eigenvalue weighted by Crippen LogP contribution is 2.44. The number of hydrogen-bond acceptors (Lipinski definition) is 2. The number of anilines is 1. The van der Waals surface area contributed by atoms with Crippen molar-refractivity contribution in [1.29, 1.82) is 0 Å². The molecule has 0 spiro atoms. The lowest BCUT2D eigenvalue weighted by Crippen LogP contribution is -3.16. The number of hydrogen-bond donors (Lipinski definition) is 3. The predicted octanol–water partition coefficient (Wildman–Crippen LogP) is 3.37. The molecule has 4 rings (SSSR count). The van der Waals surface area contributed by atoms with Crippen LogP contribution in [0.25, 0.3) is 0 Å². The van der Waals surface area contributed by atoms with Crippen LogP contribution in [0.5, 0.6) is 0 Å². The molecule has 1 aliphatic heterocycles. The molecule has 1 amide bonds. The first-order valence-electron chi connectivity index (χ1n) is 10.3. The standard InChI is InChI=1S/C23H26ClFN2O2/c24-17-6-10-19(11-7-17)26-21(28)15-27-14-13-23(29)12-2-1-3-20(23)22(27)16-4-8-18(25)9-5-16/h4-11,20,22,29H,1-3,12-15H2,(H,26,28)/p+1/t20-,22-,23-/m0/s1. The van der Waals surface area contributed by atoms with Crippen molar-refractivity contribution in [2.75, 3.05) is 18.4 Å².